The molecule has 2 rings (SSSR count). The molecule has 23 heavy (non-hydrogen) atoms. The Morgan fingerprint density at radius 1 is 1.52 bits per heavy atom. The number of allylic oxidation sites excluding steroid dienone is 2. The molecular formula is C15H12ClNO4S2. The zero-order valence-corrected chi connectivity index (χ0v) is 14.3. The van der Waals surface area contributed by atoms with Crippen molar-refractivity contribution in [1.82, 2.24) is 5.32 Å². The summed E-state index contributed by atoms with van der Waals surface area (Å²) >= 11 is 12.1. The minimum Gasteiger partial charge on any atom is -0.481 e. The lowest BCUT2D eigenvalue weighted by atomic mass is 10.1. The van der Waals surface area contributed by atoms with Gasteiger partial charge >= 0.3 is 5.97 Å². The zero-order valence-electron chi connectivity index (χ0n) is 12.0. The van der Waals surface area contributed by atoms with Gasteiger partial charge in [0.05, 0.1) is 4.91 Å². The summed E-state index contributed by atoms with van der Waals surface area (Å²) in [5, 5.41) is 11.7. The number of thiocarbonyl (C=S) groups is 1. The average molecular weight is 370 g/mol. The van der Waals surface area contributed by atoms with Gasteiger partial charge in [-0.3, -0.25) is 4.79 Å². The van der Waals surface area contributed by atoms with Crippen LogP contribution in [0.5, 0.6) is 5.75 Å². The average Bonchev–Trinajstić information content (AvgIpc) is 2.82. The fraction of sp³-hybridized carbons (Fsp3) is 0.133. The van der Waals surface area contributed by atoms with Crippen LogP contribution in [0.4, 0.5) is 0 Å². The number of halogens is 1. The quantitative estimate of drug-likeness (QED) is 0.613. The number of hydrogen-bond donors (Lipinski definition) is 2. The monoisotopic (exact) mass is 369 g/mol. The van der Waals surface area contributed by atoms with Crippen LogP contribution in [0.1, 0.15) is 12.5 Å². The number of amides is 1. The fourth-order valence-electron chi connectivity index (χ4n) is 1.78. The third kappa shape index (κ3) is 4.82. The number of rotatable bonds is 5. The van der Waals surface area contributed by atoms with Gasteiger partial charge in [0, 0.05) is 10.6 Å². The summed E-state index contributed by atoms with van der Waals surface area (Å²) in [6.45, 7) is 1.34. The van der Waals surface area contributed by atoms with Crippen molar-refractivity contribution in [2.75, 3.05) is 6.61 Å². The first-order valence-electron chi connectivity index (χ1n) is 6.43. The smallest absolute Gasteiger partial charge is 0.341 e. The van der Waals surface area contributed by atoms with E-state index < -0.39 is 12.6 Å². The first-order chi connectivity index (χ1) is 10.9. The van der Waals surface area contributed by atoms with Gasteiger partial charge in [-0.05, 0) is 30.7 Å². The highest BCUT2D eigenvalue weighted by molar-refractivity contribution is 8.26. The minimum atomic E-state index is -1.07. The van der Waals surface area contributed by atoms with E-state index in [1.54, 1.807) is 37.3 Å². The Hall–Kier alpha value is -1.83. The number of aliphatic carboxylic acids is 1. The molecule has 0 atom stereocenters. The number of thioether (sulfide) groups is 1. The first kappa shape index (κ1) is 17.5. The topological polar surface area (TPSA) is 75.6 Å². The van der Waals surface area contributed by atoms with Gasteiger partial charge < -0.3 is 15.2 Å². The molecule has 1 aromatic carbocycles. The number of nitrogens with one attached hydrogen (secondary N) is 1. The summed E-state index contributed by atoms with van der Waals surface area (Å²) in [6, 6.07) is 4.86. The van der Waals surface area contributed by atoms with Crippen molar-refractivity contribution in [1.29, 1.82) is 0 Å². The summed E-state index contributed by atoms with van der Waals surface area (Å²) in [6.07, 6.45) is 3.44. The Bertz CT molecular complexity index is 743. The summed E-state index contributed by atoms with van der Waals surface area (Å²) < 4.78 is 5.64. The molecule has 1 amide bonds. The zero-order chi connectivity index (χ0) is 17.0. The van der Waals surface area contributed by atoms with Gasteiger partial charge in [-0.15, -0.1) is 0 Å². The van der Waals surface area contributed by atoms with Crippen LogP contribution in [-0.4, -0.2) is 27.9 Å². The molecule has 8 heteroatoms. The predicted molar refractivity (Wildman–Crippen MR) is 94.6 cm³/mol. The van der Waals surface area contributed by atoms with Crippen LogP contribution < -0.4 is 10.1 Å². The van der Waals surface area contributed by atoms with Gasteiger partial charge in [-0.2, -0.15) is 0 Å². The maximum absolute atomic E-state index is 11.7. The summed E-state index contributed by atoms with van der Waals surface area (Å²) in [7, 11) is 0. The van der Waals surface area contributed by atoms with Crippen molar-refractivity contribution in [3.05, 3.63) is 45.3 Å². The Kier molecular flexibility index (Phi) is 5.81. The van der Waals surface area contributed by atoms with Gasteiger partial charge in [0.1, 0.15) is 10.1 Å². The second-order valence-electron chi connectivity index (χ2n) is 4.55. The van der Waals surface area contributed by atoms with E-state index in [9.17, 15) is 9.59 Å². The third-order valence-electron chi connectivity index (χ3n) is 2.81. The highest BCUT2D eigenvalue weighted by Crippen LogP contribution is 2.29. The van der Waals surface area contributed by atoms with Crippen LogP contribution in [-0.2, 0) is 9.59 Å². The lowest BCUT2D eigenvalue weighted by Crippen LogP contribution is -2.18. The van der Waals surface area contributed by atoms with Gasteiger partial charge in [-0.25, -0.2) is 4.79 Å². The van der Waals surface area contributed by atoms with E-state index in [2.05, 4.69) is 5.32 Å². The molecule has 0 bridgehead atoms. The molecule has 2 N–H and O–H groups in total. The number of carboxylic acid groups (broad SMARTS) is 1. The molecule has 1 heterocycles. The lowest BCUT2D eigenvalue weighted by molar-refractivity contribution is -0.139. The van der Waals surface area contributed by atoms with Crippen LogP contribution in [0.25, 0.3) is 6.08 Å². The van der Waals surface area contributed by atoms with Gasteiger partial charge in [0.15, 0.2) is 6.61 Å². The van der Waals surface area contributed by atoms with Crippen molar-refractivity contribution in [2.45, 2.75) is 6.92 Å². The highest BCUT2D eigenvalue weighted by Gasteiger charge is 2.23. The van der Waals surface area contributed by atoms with Gasteiger partial charge in [-0.1, -0.05) is 47.7 Å². The lowest BCUT2D eigenvalue weighted by Gasteiger charge is -2.07. The number of benzene rings is 1. The third-order valence-corrected chi connectivity index (χ3v) is 4.40. The number of ether oxygens (including phenoxy) is 1. The maximum atomic E-state index is 11.7. The fourth-order valence-corrected chi connectivity index (χ4v) is 3.01. The largest absolute Gasteiger partial charge is 0.481 e. The molecule has 1 saturated heterocycles. The molecule has 1 fully saturated rings. The van der Waals surface area contributed by atoms with E-state index in [1.807, 2.05) is 0 Å². The van der Waals surface area contributed by atoms with Gasteiger partial charge in [0.25, 0.3) is 5.91 Å². The standard InChI is InChI=1S/C15H12ClNO4S2/c1-8(13-14(20)17-15(22)23-13)2-3-9-6-10(16)4-5-11(9)21-7-12(18)19/h2-6H,7H2,1H3,(H,18,19)(H,17,20,22)/b3-2+,13-8+. The van der Waals surface area contributed by atoms with Gasteiger partial charge in [0.2, 0.25) is 0 Å². The van der Waals surface area contributed by atoms with E-state index in [-0.39, 0.29) is 5.91 Å². The Morgan fingerprint density at radius 2 is 2.26 bits per heavy atom. The number of hydrogen-bond acceptors (Lipinski definition) is 5. The van der Waals surface area contributed by atoms with Crippen LogP contribution in [0.3, 0.4) is 0 Å². The SMILES string of the molecule is CC(/C=C/c1cc(Cl)ccc1OCC(=O)O)=C1\SC(=S)NC1=O. The molecule has 0 unspecified atom stereocenters. The Labute approximate surface area is 147 Å². The minimum absolute atomic E-state index is 0.226. The Morgan fingerprint density at radius 3 is 2.87 bits per heavy atom. The second-order valence-corrected chi connectivity index (χ2v) is 6.68. The number of carbonyl (C=O) groups excluding carboxylic acids is 1. The van der Waals surface area contributed by atoms with Crippen molar-refractivity contribution in [2.24, 2.45) is 0 Å². The van der Waals surface area contributed by atoms with E-state index >= 15 is 0 Å². The van der Waals surface area contributed by atoms with Crippen molar-refractivity contribution in [3.8, 4) is 5.75 Å². The molecule has 5 nitrogen and oxygen atoms in total. The molecule has 1 aliphatic rings. The molecule has 120 valence electrons. The second kappa shape index (κ2) is 7.63. The summed E-state index contributed by atoms with van der Waals surface area (Å²) in [5.74, 6) is -0.902. The summed E-state index contributed by atoms with van der Waals surface area (Å²) in [5.41, 5.74) is 1.35. The number of carbonyl (C=O) groups is 2. The molecule has 0 spiro atoms. The van der Waals surface area contributed by atoms with Crippen LogP contribution in [0, 0.1) is 0 Å². The van der Waals surface area contributed by atoms with Crippen LogP contribution >= 0.6 is 35.6 Å². The first-order valence-corrected chi connectivity index (χ1v) is 8.03. The van der Waals surface area contributed by atoms with E-state index in [0.29, 0.717) is 25.6 Å². The highest BCUT2D eigenvalue weighted by atomic mass is 35.5. The van der Waals surface area contributed by atoms with Crippen molar-refractivity contribution in [3.63, 3.8) is 0 Å². The van der Waals surface area contributed by atoms with Crippen LogP contribution in [0.2, 0.25) is 5.02 Å². The maximum Gasteiger partial charge on any atom is 0.341 e. The van der Waals surface area contributed by atoms with Crippen molar-refractivity contribution < 1.29 is 19.4 Å². The van der Waals surface area contributed by atoms with Crippen LogP contribution in [0.15, 0.2) is 34.8 Å². The Balaban J connectivity index is 2.26. The number of carboxylic acids is 1. The molecule has 0 saturated carbocycles. The molecule has 0 aliphatic carbocycles. The predicted octanol–water partition coefficient (Wildman–Crippen LogP) is 3.24. The van der Waals surface area contributed by atoms with E-state index in [4.69, 9.17) is 33.7 Å². The van der Waals surface area contributed by atoms with E-state index in [1.165, 1.54) is 11.8 Å². The molecule has 0 aromatic heterocycles. The summed E-state index contributed by atoms with van der Waals surface area (Å²) in [4.78, 5) is 22.9. The normalized spacial score (nSPS) is 16.6. The molecule has 1 aliphatic heterocycles. The van der Waals surface area contributed by atoms with Crippen molar-refractivity contribution >= 4 is 57.9 Å². The molecule has 0 radical (unpaired) electrons. The van der Waals surface area contributed by atoms with E-state index in [0.717, 1.165) is 5.57 Å². The molecular weight excluding hydrogens is 358 g/mol. The molecule has 1 aromatic rings.